The van der Waals surface area contributed by atoms with Crippen molar-refractivity contribution in [3.63, 3.8) is 0 Å². The maximum atomic E-state index is 9.56. The van der Waals surface area contributed by atoms with E-state index in [9.17, 15) is 5.11 Å². The van der Waals surface area contributed by atoms with Crippen LogP contribution in [-0.2, 0) is 0 Å². The van der Waals surface area contributed by atoms with Gasteiger partial charge in [-0.25, -0.2) is 0 Å². The summed E-state index contributed by atoms with van der Waals surface area (Å²) in [5.41, 5.74) is 2.24. The first-order valence-corrected chi connectivity index (χ1v) is 6.60. The molecule has 3 nitrogen and oxygen atoms in total. The Morgan fingerprint density at radius 1 is 1.21 bits per heavy atom. The summed E-state index contributed by atoms with van der Waals surface area (Å²) >= 11 is 0. The number of hydrogen-bond acceptors (Lipinski definition) is 3. The minimum absolute atomic E-state index is 0.0641. The van der Waals surface area contributed by atoms with E-state index in [1.165, 1.54) is 0 Å². The largest absolute Gasteiger partial charge is 0.466 e. The van der Waals surface area contributed by atoms with Crippen LogP contribution >= 0.6 is 0 Å². The molecule has 2 N–H and O–H groups in total. The fraction of sp³-hybridized carbons (Fsp3) is 0.375. The van der Waals surface area contributed by atoms with Crippen molar-refractivity contribution in [3.05, 3.63) is 59.0 Å². The molecule has 1 heterocycles. The predicted octanol–water partition coefficient (Wildman–Crippen LogP) is 3.28. The van der Waals surface area contributed by atoms with Gasteiger partial charge in [-0.05, 0) is 32.4 Å². The quantitative estimate of drug-likeness (QED) is 0.866. The average molecular weight is 259 g/mol. The van der Waals surface area contributed by atoms with Crippen LogP contribution in [0.25, 0.3) is 0 Å². The van der Waals surface area contributed by atoms with Gasteiger partial charge in [-0.15, -0.1) is 0 Å². The van der Waals surface area contributed by atoms with Crippen molar-refractivity contribution in [2.24, 2.45) is 0 Å². The second kappa shape index (κ2) is 6.04. The van der Waals surface area contributed by atoms with Gasteiger partial charge in [0.25, 0.3) is 0 Å². The van der Waals surface area contributed by atoms with Crippen molar-refractivity contribution >= 4 is 0 Å². The Morgan fingerprint density at radius 3 is 2.42 bits per heavy atom. The predicted molar refractivity (Wildman–Crippen MR) is 76.0 cm³/mol. The van der Waals surface area contributed by atoms with Crippen LogP contribution in [0, 0.1) is 13.8 Å². The van der Waals surface area contributed by atoms with E-state index in [1.54, 1.807) is 0 Å². The highest BCUT2D eigenvalue weighted by molar-refractivity contribution is 5.25. The van der Waals surface area contributed by atoms with E-state index < -0.39 is 0 Å². The molecule has 0 amide bonds. The summed E-state index contributed by atoms with van der Waals surface area (Å²) in [6, 6.07) is 12.1. The van der Waals surface area contributed by atoms with Crippen molar-refractivity contribution < 1.29 is 9.52 Å². The van der Waals surface area contributed by atoms with Gasteiger partial charge in [-0.1, -0.05) is 30.3 Å². The Kier molecular flexibility index (Phi) is 4.40. The summed E-state index contributed by atoms with van der Waals surface area (Å²) in [7, 11) is 0. The second-order valence-electron chi connectivity index (χ2n) is 4.90. The second-order valence-corrected chi connectivity index (χ2v) is 4.90. The number of benzene rings is 1. The molecule has 1 aromatic carbocycles. The standard InChI is InChI=1S/C16H21NO2/c1-11-9-15(13(3)19-11)12(2)17-16(10-18)14-7-5-4-6-8-14/h4-9,12,16-18H,10H2,1-3H3. The Morgan fingerprint density at radius 2 is 1.89 bits per heavy atom. The molecule has 102 valence electrons. The van der Waals surface area contributed by atoms with Crippen LogP contribution in [0.2, 0.25) is 0 Å². The summed E-state index contributed by atoms with van der Waals surface area (Å²) in [6.45, 7) is 6.08. The molecule has 19 heavy (non-hydrogen) atoms. The van der Waals surface area contributed by atoms with E-state index in [0.29, 0.717) is 0 Å². The zero-order chi connectivity index (χ0) is 13.8. The lowest BCUT2D eigenvalue weighted by molar-refractivity contribution is 0.235. The van der Waals surface area contributed by atoms with Gasteiger partial charge >= 0.3 is 0 Å². The number of furan rings is 1. The first kappa shape index (κ1) is 13.8. The number of aliphatic hydroxyl groups excluding tert-OH is 1. The molecule has 2 aromatic rings. The molecule has 2 unspecified atom stereocenters. The van der Waals surface area contributed by atoms with Crippen molar-refractivity contribution in [3.8, 4) is 0 Å². The maximum Gasteiger partial charge on any atom is 0.105 e. The number of aryl methyl sites for hydroxylation is 2. The lowest BCUT2D eigenvalue weighted by Gasteiger charge is -2.22. The van der Waals surface area contributed by atoms with Crippen molar-refractivity contribution in [2.45, 2.75) is 32.9 Å². The van der Waals surface area contributed by atoms with Gasteiger partial charge < -0.3 is 14.8 Å². The first-order valence-electron chi connectivity index (χ1n) is 6.60. The number of aliphatic hydroxyl groups is 1. The van der Waals surface area contributed by atoms with Gasteiger partial charge in [0.2, 0.25) is 0 Å². The highest BCUT2D eigenvalue weighted by Gasteiger charge is 2.17. The average Bonchev–Trinajstić information content (AvgIpc) is 2.76. The van der Waals surface area contributed by atoms with Crippen LogP contribution in [0.3, 0.4) is 0 Å². The van der Waals surface area contributed by atoms with E-state index >= 15 is 0 Å². The number of rotatable bonds is 5. The summed E-state index contributed by atoms with van der Waals surface area (Å²) in [4.78, 5) is 0. The van der Waals surface area contributed by atoms with Crippen LogP contribution in [0.4, 0.5) is 0 Å². The van der Waals surface area contributed by atoms with E-state index in [1.807, 2.05) is 50.2 Å². The Bertz CT molecular complexity index is 519. The molecular weight excluding hydrogens is 238 g/mol. The minimum atomic E-state index is -0.0641. The van der Waals surface area contributed by atoms with E-state index in [4.69, 9.17) is 4.42 Å². The summed E-state index contributed by atoms with van der Waals surface area (Å²) in [6.07, 6.45) is 0. The SMILES string of the molecule is Cc1cc(C(C)NC(CO)c2ccccc2)c(C)o1. The van der Waals surface area contributed by atoms with Gasteiger partial charge in [0, 0.05) is 11.6 Å². The topological polar surface area (TPSA) is 45.4 Å². The van der Waals surface area contributed by atoms with E-state index in [-0.39, 0.29) is 18.7 Å². The lowest BCUT2D eigenvalue weighted by Crippen LogP contribution is -2.27. The zero-order valence-electron chi connectivity index (χ0n) is 11.7. The molecule has 1 aromatic heterocycles. The number of hydrogen-bond donors (Lipinski definition) is 2. The van der Waals surface area contributed by atoms with Gasteiger partial charge in [0.05, 0.1) is 12.6 Å². The third-order valence-corrected chi connectivity index (χ3v) is 3.38. The first-order chi connectivity index (χ1) is 9.11. The van der Waals surface area contributed by atoms with Crippen LogP contribution in [0.15, 0.2) is 40.8 Å². The molecule has 2 rings (SSSR count). The van der Waals surface area contributed by atoms with E-state index in [0.717, 1.165) is 22.6 Å². The number of nitrogens with one attached hydrogen (secondary N) is 1. The third-order valence-electron chi connectivity index (χ3n) is 3.38. The van der Waals surface area contributed by atoms with Crippen molar-refractivity contribution in [1.29, 1.82) is 0 Å². The normalized spacial score (nSPS) is 14.3. The molecule has 0 saturated heterocycles. The van der Waals surface area contributed by atoms with Crippen LogP contribution < -0.4 is 5.32 Å². The monoisotopic (exact) mass is 259 g/mol. The highest BCUT2D eigenvalue weighted by Crippen LogP contribution is 2.24. The fourth-order valence-corrected chi connectivity index (χ4v) is 2.41. The van der Waals surface area contributed by atoms with E-state index in [2.05, 4.69) is 12.2 Å². The van der Waals surface area contributed by atoms with Crippen LogP contribution in [0.5, 0.6) is 0 Å². The molecule has 0 saturated carbocycles. The molecular formula is C16H21NO2. The molecule has 0 spiro atoms. The van der Waals surface area contributed by atoms with Gasteiger partial charge in [0.15, 0.2) is 0 Å². The van der Waals surface area contributed by atoms with Crippen LogP contribution in [-0.4, -0.2) is 11.7 Å². The highest BCUT2D eigenvalue weighted by atomic mass is 16.3. The van der Waals surface area contributed by atoms with Gasteiger partial charge in [-0.3, -0.25) is 0 Å². The molecule has 0 aliphatic heterocycles. The van der Waals surface area contributed by atoms with Gasteiger partial charge in [-0.2, -0.15) is 0 Å². The molecule has 0 aliphatic carbocycles. The molecule has 0 fully saturated rings. The Labute approximate surface area is 114 Å². The van der Waals surface area contributed by atoms with Crippen molar-refractivity contribution in [1.82, 2.24) is 5.32 Å². The fourth-order valence-electron chi connectivity index (χ4n) is 2.41. The summed E-state index contributed by atoms with van der Waals surface area (Å²) < 4.78 is 5.55. The minimum Gasteiger partial charge on any atom is -0.466 e. The Hall–Kier alpha value is -1.58. The smallest absolute Gasteiger partial charge is 0.105 e. The van der Waals surface area contributed by atoms with Gasteiger partial charge in [0.1, 0.15) is 11.5 Å². The van der Waals surface area contributed by atoms with Crippen molar-refractivity contribution in [2.75, 3.05) is 6.61 Å². The third kappa shape index (κ3) is 3.25. The lowest BCUT2D eigenvalue weighted by atomic mass is 10.0. The Balaban J connectivity index is 2.13. The molecule has 0 bridgehead atoms. The zero-order valence-corrected chi connectivity index (χ0v) is 11.7. The molecule has 2 atom stereocenters. The maximum absolute atomic E-state index is 9.56. The molecule has 0 aliphatic rings. The summed E-state index contributed by atoms with van der Waals surface area (Å²) in [5, 5.41) is 13.0. The summed E-state index contributed by atoms with van der Waals surface area (Å²) in [5.74, 6) is 1.85. The van der Waals surface area contributed by atoms with Crippen LogP contribution in [0.1, 0.15) is 41.7 Å². The molecule has 0 radical (unpaired) electrons. The molecule has 3 heteroatoms.